The molecule has 5 nitrogen and oxygen atoms in total. The number of hydrogen-bond donors (Lipinski definition) is 1. The minimum atomic E-state index is 0.426. The van der Waals surface area contributed by atoms with Crippen molar-refractivity contribution in [1.82, 2.24) is 19.9 Å². The van der Waals surface area contributed by atoms with Crippen LogP contribution in [0.15, 0.2) is 42.7 Å². The van der Waals surface area contributed by atoms with E-state index in [9.17, 15) is 0 Å². The highest BCUT2D eigenvalue weighted by Crippen LogP contribution is 2.28. The molecule has 0 unspecified atom stereocenters. The van der Waals surface area contributed by atoms with Gasteiger partial charge in [0, 0.05) is 56.8 Å². The number of hydrogen-bond acceptors (Lipinski definition) is 4. The Hall–Kier alpha value is -2.24. The van der Waals surface area contributed by atoms with Gasteiger partial charge in [-0.1, -0.05) is 19.9 Å². The molecule has 0 aliphatic carbocycles. The van der Waals surface area contributed by atoms with Gasteiger partial charge < -0.3 is 9.72 Å². The van der Waals surface area contributed by atoms with Crippen molar-refractivity contribution in [3.05, 3.63) is 59.7 Å². The Bertz CT molecular complexity index is 813. The fourth-order valence-electron chi connectivity index (χ4n) is 3.35. The molecule has 0 aliphatic rings. The lowest BCUT2D eigenvalue weighted by atomic mass is 10.0. The largest absolute Gasteiger partial charge is 0.385 e. The number of pyridine rings is 2. The van der Waals surface area contributed by atoms with E-state index in [-0.39, 0.29) is 0 Å². The van der Waals surface area contributed by atoms with E-state index in [4.69, 9.17) is 4.74 Å². The van der Waals surface area contributed by atoms with Crippen LogP contribution in [-0.4, -0.2) is 40.1 Å². The van der Waals surface area contributed by atoms with Crippen LogP contribution >= 0.6 is 0 Å². The van der Waals surface area contributed by atoms with Gasteiger partial charge in [-0.2, -0.15) is 0 Å². The number of aromatic nitrogens is 3. The molecule has 3 aromatic heterocycles. The third-order valence-corrected chi connectivity index (χ3v) is 4.60. The molecule has 0 saturated carbocycles. The highest BCUT2D eigenvalue weighted by molar-refractivity contribution is 5.81. The monoisotopic (exact) mass is 352 g/mol. The van der Waals surface area contributed by atoms with E-state index in [2.05, 4.69) is 45.8 Å². The van der Waals surface area contributed by atoms with Crippen LogP contribution in [0.2, 0.25) is 0 Å². The molecule has 138 valence electrons. The summed E-state index contributed by atoms with van der Waals surface area (Å²) >= 11 is 0. The van der Waals surface area contributed by atoms with Gasteiger partial charge in [0.2, 0.25) is 0 Å². The quantitative estimate of drug-likeness (QED) is 0.589. The van der Waals surface area contributed by atoms with Crippen molar-refractivity contribution < 1.29 is 4.74 Å². The normalized spacial score (nSPS) is 11.7. The summed E-state index contributed by atoms with van der Waals surface area (Å²) in [5.41, 5.74) is 4.68. The maximum Gasteiger partial charge on any atom is 0.137 e. The number of fused-ring (bicyclic) bond motifs is 1. The Morgan fingerprint density at radius 2 is 1.92 bits per heavy atom. The first-order valence-corrected chi connectivity index (χ1v) is 9.25. The predicted molar refractivity (Wildman–Crippen MR) is 105 cm³/mol. The summed E-state index contributed by atoms with van der Waals surface area (Å²) in [6, 6.07) is 10.3. The van der Waals surface area contributed by atoms with Gasteiger partial charge in [-0.15, -0.1) is 0 Å². The fourth-order valence-corrected chi connectivity index (χ4v) is 3.35. The summed E-state index contributed by atoms with van der Waals surface area (Å²) in [7, 11) is 1.76. The lowest BCUT2D eigenvalue weighted by Crippen LogP contribution is -2.26. The number of nitrogens with one attached hydrogen (secondary N) is 1. The predicted octanol–water partition coefficient (Wildman–Crippen LogP) is 4.12. The average molecular weight is 352 g/mol. The van der Waals surface area contributed by atoms with Crippen LogP contribution in [0, 0.1) is 0 Å². The molecular weight excluding hydrogens is 324 g/mol. The molecule has 0 spiro atoms. The Kier molecular flexibility index (Phi) is 6.36. The number of aromatic amines is 1. The summed E-state index contributed by atoms with van der Waals surface area (Å²) in [6.45, 7) is 7.89. The molecule has 0 atom stereocenters. The van der Waals surface area contributed by atoms with Gasteiger partial charge in [-0.05, 0) is 42.2 Å². The van der Waals surface area contributed by atoms with Crippen LogP contribution in [0.3, 0.4) is 0 Å². The van der Waals surface area contributed by atoms with Gasteiger partial charge in [-0.25, -0.2) is 4.98 Å². The Morgan fingerprint density at radius 1 is 1.08 bits per heavy atom. The molecule has 3 heterocycles. The molecule has 1 N–H and O–H groups in total. The third kappa shape index (κ3) is 4.48. The Balaban J connectivity index is 1.87. The maximum atomic E-state index is 5.25. The summed E-state index contributed by atoms with van der Waals surface area (Å²) in [5, 5.41) is 1.22. The smallest absolute Gasteiger partial charge is 0.137 e. The molecule has 3 aromatic rings. The molecule has 26 heavy (non-hydrogen) atoms. The lowest BCUT2D eigenvalue weighted by Gasteiger charge is -2.23. The number of methoxy groups -OCH3 is 1. The second-order valence-corrected chi connectivity index (χ2v) is 6.95. The van der Waals surface area contributed by atoms with Gasteiger partial charge in [0.05, 0.1) is 5.69 Å². The fraction of sp³-hybridized carbons (Fsp3) is 0.429. The van der Waals surface area contributed by atoms with Crippen molar-refractivity contribution in [3.63, 3.8) is 0 Å². The SMILES string of the molecule is COCCCN(Cc1ccccn1)Cc1c(C(C)C)[nH]c2ncccc12. The summed E-state index contributed by atoms with van der Waals surface area (Å²) in [6.07, 6.45) is 4.70. The molecule has 0 aliphatic heterocycles. The van der Waals surface area contributed by atoms with Crippen LogP contribution in [0.5, 0.6) is 0 Å². The number of nitrogens with zero attached hydrogens (tertiary/aromatic N) is 3. The van der Waals surface area contributed by atoms with Crippen molar-refractivity contribution in [2.24, 2.45) is 0 Å². The van der Waals surface area contributed by atoms with Crippen LogP contribution in [0.1, 0.15) is 43.1 Å². The molecule has 0 radical (unpaired) electrons. The standard InChI is InChI=1S/C21H28N4O/c1-16(2)20-19(18-9-6-11-23-21(18)24-20)15-25(12-7-13-26-3)14-17-8-4-5-10-22-17/h4-6,8-11,16H,7,12-15H2,1-3H3,(H,23,24). The number of ether oxygens (including phenoxy) is 1. The summed E-state index contributed by atoms with van der Waals surface area (Å²) in [5.74, 6) is 0.426. The zero-order valence-electron chi connectivity index (χ0n) is 15.9. The Labute approximate surface area is 155 Å². The zero-order valence-corrected chi connectivity index (χ0v) is 15.9. The minimum absolute atomic E-state index is 0.426. The van der Waals surface area contributed by atoms with Crippen molar-refractivity contribution in [1.29, 1.82) is 0 Å². The maximum absolute atomic E-state index is 5.25. The van der Waals surface area contributed by atoms with Gasteiger partial charge in [0.25, 0.3) is 0 Å². The second-order valence-electron chi connectivity index (χ2n) is 6.95. The van der Waals surface area contributed by atoms with Gasteiger partial charge in [0.15, 0.2) is 0 Å². The van der Waals surface area contributed by atoms with E-state index < -0.39 is 0 Å². The molecule has 0 saturated heterocycles. The van der Waals surface area contributed by atoms with E-state index in [1.807, 2.05) is 30.6 Å². The van der Waals surface area contributed by atoms with Crippen molar-refractivity contribution in [2.75, 3.05) is 20.3 Å². The summed E-state index contributed by atoms with van der Waals surface area (Å²) in [4.78, 5) is 15.0. The molecule has 0 bridgehead atoms. The van der Waals surface area contributed by atoms with Crippen LogP contribution in [0.4, 0.5) is 0 Å². The second kappa shape index (κ2) is 8.92. The van der Waals surface area contributed by atoms with Crippen molar-refractivity contribution in [3.8, 4) is 0 Å². The van der Waals surface area contributed by atoms with E-state index in [0.717, 1.165) is 44.0 Å². The number of rotatable bonds is 9. The highest BCUT2D eigenvalue weighted by atomic mass is 16.5. The van der Waals surface area contributed by atoms with E-state index in [0.29, 0.717) is 5.92 Å². The van der Waals surface area contributed by atoms with Crippen LogP contribution in [0.25, 0.3) is 11.0 Å². The van der Waals surface area contributed by atoms with Gasteiger partial charge >= 0.3 is 0 Å². The molecule has 0 amide bonds. The first kappa shape index (κ1) is 18.5. The van der Waals surface area contributed by atoms with Crippen LogP contribution < -0.4 is 0 Å². The van der Waals surface area contributed by atoms with Gasteiger partial charge in [0.1, 0.15) is 5.65 Å². The van der Waals surface area contributed by atoms with E-state index in [1.54, 1.807) is 7.11 Å². The van der Waals surface area contributed by atoms with Crippen LogP contribution in [-0.2, 0) is 17.8 Å². The average Bonchev–Trinajstić information content (AvgIpc) is 3.02. The van der Waals surface area contributed by atoms with Crippen molar-refractivity contribution >= 4 is 11.0 Å². The first-order chi connectivity index (χ1) is 12.7. The molecular formula is C21H28N4O. The summed E-state index contributed by atoms with van der Waals surface area (Å²) < 4.78 is 5.25. The minimum Gasteiger partial charge on any atom is -0.385 e. The first-order valence-electron chi connectivity index (χ1n) is 9.25. The highest BCUT2D eigenvalue weighted by Gasteiger charge is 2.18. The molecule has 5 heteroatoms. The van der Waals surface area contributed by atoms with E-state index >= 15 is 0 Å². The molecule has 0 aromatic carbocycles. The molecule has 3 rings (SSSR count). The lowest BCUT2D eigenvalue weighted by molar-refractivity contribution is 0.166. The number of H-pyrrole nitrogens is 1. The topological polar surface area (TPSA) is 54.0 Å². The zero-order chi connectivity index (χ0) is 18.4. The van der Waals surface area contributed by atoms with E-state index in [1.165, 1.54) is 16.6 Å². The van der Waals surface area contributed by atoms with Gasteiger partial charge in [-0.3, -0.25) is 9.88 Å². The van der Waals surface area contributed by atoms with Crippen molar-refractivity contribution in [2.45, 2.75) is 39.3 Å². The Morgan fingerprint density at radius 3 is 2.65 bits per heavy atom. The third-order valence-electron chi connectivity index (χ3n) is 4.60. The molecule has 0 fully saturated rings.